The van der Waals surface area contributed by atoms with Crippen LogP contribution in [0.1, 0.15) is 5.56 Å². The number of carbonyl (C=O) groups excluding carboxylic acids is 1. The molecule has 1 amide bonds. The third-order valence-corrected chi connectivity index (χ3v) is 2.57. The van der Waals surface area contributed by atoms with Gasteiger partial charge in [-0.15, -0.1) is 0 Å². The summed E-state index contributed by atoms with van der Waals surface area (Å²) in [5, 5.41) is 7.69. The van der Waals surface area contributed by atoms with Gasteiger partial charge in [0.15, 0.2) is 11.5 Å². The largest absolute Gasteiger partial charge is 0.454 e. The van der Waals surface area contributed by atoms with Gasteiger partial charge in [0.25, 0.3) is 5.91 Å². The number of hydrogen-bond acceptors (Lipinski definition) is 6. The number of hydrogen-bond donors (Lipinski definition) is 1. The van der Waals surface area contributed by atoms with E-state index in [4.69, 9.17) is 9.47 Å². The first-order valence-electron chi connectivity index (χ1n) is 5.85. The normalized spacial score (nSPS) is 12.8. The highest BCUT2D eigenvalue weighted by atomic mass is 16.7. The molecule has 2 aromatic rings. The molecule has 102 valence electrons. The standard InChI is InChI=1S/C12H11N5O3/c18-12(5-17-7-13-6-15-17)16-14-4-9-1-2-10-11(3-9)20-8-19-10/h1-4,6-7H,5,8H2,(H,16,18). The maximum absolute atomic E-state index is 11.5. The third-order valence-electron chi connectivity index (χ3n) is 2.57. The van der Waals surface area contributed by atoms with E-state index in [1.165, 1.54) is 23.6 Å². The monoisotopic (exact) mass is 273 g/mol. The zero-order valence-corrected chi connectivity index (χ0v) is 10.4. The summed E-state index contributed by atoms with van der Waals surface area (Å²) in [5.74, 6) is 1.09. The molecule has 0 bridgehead atoms. The van der Waals surface area contributed by atoms with Gasteiger partial charge in [-0.3, -0.25) is 4.79 Å². The predicted molar refractivity (Wildman–Crippen MR) is 68.3 cm³/mol. The average Bonchev–Trinajstić information content (AvgIpc) is 3.09. The van der Waals surface area contributed by atoms with Crippen molar-refractivity contribution in [1.82, 2.24) is 20.2 Å². The fraction of sp³-hybridized carbons (Fsp3) is 0.167. The highest BCUT2D eigenvalue weighted by Crippen LogP contribution is 2.31. The summed E-state index contributed by atoms with van der Waals surface area (Å²) in [7, 11) is 0. The Morgan fingerprint density at radius 1 is 1.45 bits per heavy atom. The summed E-state index contributed by atoms with van der Waals surface area (Å²) in [5.41, 5.74) is 3.21. The number of benzene rings is 1. The molecule has 1 aromatic heterocycles. The van der Waals surface area contributed by atoms with Gasteiger partial charge >= 0.3 is 0 Å². The van der Waals surface area contributed by atoms with E-state index in [9.17, 15) is 4.79 Å². The molecule has 0 radical (unpaired) electrons. The highest BCUT2D eigenvalue weighted by Gasteiger charge is 2.12. The Labute approximate surface area is 114 Å². The van der Waals surface area contributed by atoms with Crippen LogP contribution in [0, 0.1) is 0 Å². The van der Waals surface area contributed by atoms with Crippen molar-refractivity contribution in [3.8, 4) is 11.5 Å². The topological polar surface area (TPSA) is 90.6 Å². The van der Waals surface area contributed by atoms with E-state index in [1.807, 2.05) is 6.07 Å². The zero-order chi connectivity index (χ0) is 13.8. The van der Waals surface area contributed by atoms with E-state index >= 15 is 0 Å². The van der Waals surface area contributed by atoms with Crippen LogP contribution < -0.4 is 14.9 Å². The third kappa shape index (κ3) is 2.74. The minimum absolute atomic E-state index is 0.0679. The summed E-state index contributed by atoms with van der Waals surface area (Å²) < 4.78 is 11.9. The molecule has 8 nitrogen and oxygen atoms in total. The Hall–Kier alpha value is -2.90. The molecule has 0 aliphatic carbocycles. The average molecular weight is 273 g/mol. The van der Waals surface area contributed by atoms with Gasteiger partial charge < -0.3 is 9.47 Å². The van der Waals surface area contributed by atoms with Gasteiger partial charge in [0.05, 0.1) is 6.21 Å². The van der Waals surface area contributed by atoms with E-state index < -0.39 is 0 Å². The molecule has 3 rings (SSSR count). The molecule has 1 aromatic carbocycles. The number of fused-ring (bicyclic) bond motifs is 1. The van der Waals surface area contributed by atoms with E-state index in [2.05, 4.69) is 20.6 Å². The van der Waals surface area contributed by atoms with Crippen molar-refractivity contribution in [2.75, 3.05) is 6.79 Å². The fourth-order valence-electron chi connectivity index (χ4n) is 1.67. The second kappa shape index (κ2) is 5.39. The lowest BCUT2D eigenvalue weighted by Gasteiger charge is -2.00. The second-order valence-corrected chi connectivity index (χ2v) is 4.00. The van der Waals surface area contributed by atoms with E-state index in [-0.39, 0.29) is 19.2 Å². The van der Waals surface area contributed by atoms with Crippen LogP contribution in [0.4, 0.5) is 0 Å². The van der Waals surface area contributed by atoms with Gasteiger partial charge in [-0.25, -0.2) is 15.1 Å². The van der Waals surface area contributed by atoms with Crippen LogP contribution in [-0.4, -0.2) is 33.7 Å². The van der Waals surface area contributed by atoms with Crippen molar-refractivity contribution >= 4 is 12.1 Å². The van der Waals surface area contributed by atoms with Gasteiger partial charge in [0.2, 0.25) is 6.79 Å². The number of nitrogens with one attached hydrogen (secondary N) is 1. The van der Waals surface area contributed by atoms with Gasteiger partial charge in [0.1, 0.15) is 19.2 Å². The molecular formula is C12H11N5O3. The first-order chi connectivity index (χ1) is 9.81. The van der Waals surface area contributed by atoms with Crippen LogP contribution >= 0.6 is 0 Å². The summed E-state index contributed by atoms with van der Waals surface area (Å²) >= 11 is 0. The van der Waals surface area contributed by atoms with Gasteiger partial charge in [0, 0.05) is 0 Å². The van der Waals surface area contributed by atoms with Crippen LogP contribution in [0.15, 0.2) is 36.0 Å². The SMILES string of the molecule is O=C(Cn1cncn1)NN=Cc1ccc2c(c1)OCO2. The smallest absolute Gasteiger partial charge is 0.261 e. The van der Waals surface area contributed by atoms with Crippen LogP contribution in [0.2, 0.25) is 0 Å². The van der Waals surface area contributed by atoms with Crippen molar-refractivity contribution in [3.05, 3.63) is 36.4 Å². The van der Waals surface area contributed by atoms with Crippen LogP contribution in [0.5, 0.6) is 11.5 Å². The van der Waals surface area contributed by atoms with E-state index in [0.717, 1.165) is 5.56 Å². The molecule has 8 heteroatoms. The Morgan fingerprint density at radius 3 is 3.20 bits per heavy atom. The Balaban J connectivity index is 1.56. The summed E-state index contributed by atoms with van der Waals surface area (Å²) in [6.07, 6.45) is 4.35. The van der Waals surface area contributed by atoms with Crippen LogP contribution in [0.3, 0.4) is 0 Å². The number of rotatable bonds is 4. The molecule has 1 aliphatic heterocycles. The van der Waals surface area contributed by atoms with Crippen LogP contribution in [0.25, 0.3) is 0 Å². The molecular weight excluding hydrogens is 262 g/mol. The molecule has 0 unspecified atom stereocenters. The number of carbonyl (C=O) groups is 1. The van der Waals surface area contributed by atoms with Crippen molar-refractivity contribution in [2.24, 2.45) is 5.10 Å². The summed E-state index contributed by atoms with van der Waals surface area (Å²) in [6, 6.07) is 5.40. The highest BCUT2D eigenvalue weighted by molar-refractivity contribution is 5.83. The molecule has 0 spiro atoms. The number of amides is 1. The molecule has 0 fully saturated rings. The summed E-state index contributed by atoms with van der Waals surface area (Å²) in [6.45, 7) is 0.295. The van der Waals surface area contributed by atoms with Crippen molar-refractivity contribution in [3.63, 3.8) is 0 Å². The van der Waals surface area contributed by atoms with Gasteiger partial charge in [-0.2, -0.15) is 10.2 Å². The quantitative estimate of drug-likeness (QED) is 0.633. The number of aromatic nitrogens is 3. The lowest BCUT2D eigenvalue weighted by atomic mass is 10.2. The minimum Gasteiger partial charge on any atom is -0.454 e. The van der Waals surface area contributed by atoms with Gasteiger partial charge in [-0.1, -0.05) is 0 Å². The number of ether oxygens (including phenoxy) is 2. The maximum Gasteiger partial charge on any atom is 0.261 e. The Kier molecular flexibility index (Phi) is 3.27. The fourth-order valence-corrected chi connectivity index (χ4v) is 1.67. The second-order valence-electron chi connectivity index (χ2n) is 4.00. The Bertz CT molecular complexity index is 639. The molecule has 2 heterocycles. The maximum atomic E-state index is 11.5. The number of nitrogens with zero attached hydrogens (tertiary/aromatic N) is 4. The first kappa shape index (κ1) is 12.2. The van der Waals surface area contributed by atoms with E-state index in [1.54, 1.807) is 12.1 Å². The molecule has 1 N–H and O–H groups in total. The van der Waals surface area contributed by atoms with E-state index in [0.29, 0.717) is 11.5 Å². The molecule has 1 aliphatic rings. The van der Waals surface area contributed by atoms with Gasteiger partial charge in [-0.05, 0) is 23.8 Å². The zero-order valence-electron chi connectivity index (χ0n) is 10.4. The van der Waals surface area contributed by atoms with Crippen molar-refractivity contribution in [2.45, 2.75) is 6.54 Å². The molecule has 0 saturated carbocycles. The minimum atomic E-state index is -0.285. The Morgan fingerprint density at radius 2 is 2.35 bits per heavy atom. The summed E-state index contributed by atoms with van der Waals surface area (Å²) in [4.78, 5) is 15.3. The van der Waals surface area contributed by atoms with Crippen molar-refractivity contribution in [1.29, 1.82) is 0 Å². The lowest BCUT2D eigenvalue weighted by Crippen LogP contribution is -2.23. The number of hydrazone groups is 1. The molecule has 0 saturated heterocycles. The lowest BCUT2D eigenvalue weighted by molar-refractivity contribution is -0.121. The molecule has 20 heavy (non-hydrogen) atoms. The first-order valence-corrected chi connectivity index (χ1v) is 5.85. The van der Waals surface area contributed by atoms with Crippen LogP contribution in [-0.2, 0) is 11.3 Å². The van der Waals surface area contributed by atoms with Crippen molar-refractivity contribution < 1.29 is 14.3 Å². The molecule has 0 atom stereocenters. The predicted octanol–water partition coefficient (Wildman–Crippen LogP) is 0.157.